The maximum absolute atomic E-state index is 13.2. The fraction of sp³-hybridized carbons (Fsp3) is 0.357. The van der Waals surface area contributed by atoms with E-state index in [9.17, 15) is 4.39 Å². The van der Waals surface area contributed by atoms with E-state index >= 15 is 0 Å². The maximum atomic E-state index is 13.2. The Morgan fingerprint density at radius 3 is 2.79 bits per heavy atom. The van der Waals surface area contributed by atoms with Crippen LogP contribution in [0.4, 0.5) is 4.39 Å². The van der Waals surface area contributed by atoms with Gasteiger partial charge in [-0.25, -0.2) is 4.39 Å². The van der Waals surface area contributed by atoms with Gasteiger partial charge in [-0.3, -0.25) is 4.68 Å². The Kier molecular flexibility index (Phi) is 4.37. The molecule has 0 bridgehead atoms. The van der Waals surface area contributed by atoms with Gasteiger partial charge >= 0.3 is 0 Å². The molecule has 2 rings (SSSR count). The minimum atomic E-state index is -0.273. The number of halogens is 2. The van der Waals surface area contributed by atoms with Crippen LogP contribution in [-0.2, 0) is 13.0 Å². The SMILES string of the molecule is CCn1nc(C)cc1CC(N)c1ccc(F)c(Br)c1. The van der Waals surface area contributed by atoms with Crippen molar-refractivity contribution in [2.75, 3.05) is 0 Å². The molecule has 5 heteroatoms. The van der Waals surface area contributed by atoms with Crippen LogP contribution in [0.1, 0.15) is 29.9 Å². The van der Waals surface area contributed by atoms with Crippen LogP contribution in [0.25, 0.3) is 0 Å². The van der Waals surface area contributed by atoms with Crippen LogP contribution in [0, 0.1) is 12.7 Å². The number of hydrogen-bond acceptors (Lipinski definition) is 2. The summed E-state index contributed by atoms with van der Waals surface area (Å²) in [5.41, 5.74) is 9.20. The Balaban J connectivity index is 2.20. The smallest absolute Gasteiger partial charge is 0.137 e. The molecule has 0 saturated heterocycles. The monoisotopic (exact) mass is 325 g/mol. The topological polar surface area (TPSA) is 43.8 Å². The van der Waals surface area contributed by atoms with Crippen molar-refractivity contribution in [2.24, 2.45) is 5.73 Å². The number of aryl methyl sites for hydroxylation is 2. The molecule has 3 nitrogen and oxygen atoms in total. The zero-order chi connectivity index (χ0) is 14.0. The standard InChI is InChI=1S/C14H17BrFN3/c1-3-19-11(6-9(2)18-19)8-14(17)10-4-5-13(16)12(15)7-10/h4-7,14H,3,8,17H2,1-2H3. The molecule has 1 aromatic heterocycles. The van der Waals surface area contributed by atoms with Gasteiger partial charge in [-0.05, 0) is 53.5 Å². The van der Waals surface area contributed by atoms with Gasteiger partial charge in [-0.2, -0.15) is 5.10 Å². The van der Waals surface area contributed by atoms with Crippen molar-refractivity contribution < 1.29 is 4.39 Å². The first-order valence-corrected chi connectivity index (χ1v) is 7.04. The van der Waals surface area contributed by atoms with Crippen LogP contribution in [0.5, 0.6) is 0 Å². The summed E-state index contributed by atoms with van der Waals surface area (Å²) in [4.78, 5) is 0. The van der Waals surface area contributed by atoms with Crippen molar-refractivity contribution in [3.63, 3.8) is 0 Å². The second-order valence-corrected chi connectivity index (χ2v) is 5.43. The number of benzene rings is 1. The van der Waals surface area contributed by atoms with Gasteiger partial charge in [-0.1, -0.05) is 6.07 Å². The third-order valence-corrected chi connectivity index (χ3v) is 3.69. The van der Waals surface area contributed by atoms with Gasteiger partial charge in [0.25, 0.3) is 0 Å². The lowest BCUT2D eigenvalue weighted by atomic mass is 10.0. The molecular weight excluding hydrogens is 309 g/mol. The molecule has 102 valence electrons. The summed E-state index contributed by atoms with van der Waals surface area (Å²) >= 11 is 3.18. The minimum absolute atomic E-state index is 0.168. The third-order valence-electron chi connectivity index (χ3n) is 3.09. The highest BCUT2D eigenvalue weighted by molar-refractivity contribution is 9.10. The van der Waals surface area contributed by atoms with Gasteiger partial charge in [-0.15, -0.1) is 0 Å². The molecule has 0 aliphatic heterocycles. The van der Waals surface area contributed by atoms with E-state index in [2.05, 4.69) is 28.0 Å². The molecule has 0 saturated carbocycles. The molecule has 19 heavy (non-hydrogen) atoms. The summed E-state index contributed by atoms with van der Waals surface area (Å²) in [7, 11) is 0. The number of hydrogen-bond donors (Lipinski definition) is 1. The Labute approximate surface area is 120 Å². The first-order valence-electron chi connectivity index (χ1n) is 6.25. The normalized spacial score (nSPS) is 12.7. The van der Waals surface area contributed by atoms with E-state index in [-0.39, 0.29) is 11.9 Å². The number of rotatable bonds is 4. The van der Waals surface area contributed by atoms with Crippen LogP contribution in [0.3, 0.4) is 0 Å². The van der Waals surface area contributed by atoms with Crippen molar-refractivity contribution in [1.82, 2.24) is 9.78 Å². The summed E-state index contributed by atoms with van der Waals surface area (Å²) in [6.45, 7) is 4.84. The van der Waals surface area contributed by atoms with Crippen molar-refractivity contribution >= 4 is 15.9 Å². The quantitative estimate of drug-likeness (QED) is 0.936. The Bertz CT molecular complexity index is 580. The average Bonchev–Trinajstić information content (AvgIpc) is 2.72. The minimum Gasteiger partial charge on any atom is -0.324 e. The van der Waals surface area contributed by atoms with Gasteiger partial charge < -0.3 is 5.73 Å². The maximum Gasteiger partial charge on any atom is 0.137 e. The van der Waals surface area contributed by atoms with Gasteiger partial charge in [0, 0.05) is 24.7 Å². The molecule has 0 aliphatic rings. The fourth-order valence-corrected chi connectivity index (χ4v) is 2.52. The van der Waals surface area contributed by atoms with E-state index in [0.29, 0.717) is 10.9 Å². The Morgan fingerprint density at radius 1 is 1.42 bits per heavy atom. The second kappa shape index (κ2) is 5.84. The van der Waals surface area contributed by atoms with Crippen LogP contribution in [-0.4, -0.2) is 9.78 Å². The predicted molar refractivity (Wildman–Crippen MR) is 77.4 cm³/mol. The largest absolute Gasteiger partial charge is 0.324 e. The third kappa shape index (κ3) is 3.22. The summed E-state index contributed by atoms with van der Waals surface area (Å²) < 4.78 is 15.6. The van der Waals surface area contributed by atoms with Gasteiger partial charge in [0.1, 0.15) is 5.82 Å². The van der Waals surface area contributed by atoms with Gasteiger partial charge in [0.05, 0.1) is 10.2 Å². The molecule has 2 aromatic rings. The van der Waals surface area contributed by atoms with E-state index in [0.717, 1.165) is 23.5 Å². The van der Waals surface area contributed by atoms with E-state index in [1.807, 2.05) is 17.7 Å². The molecule has 2 N–H and O–H groups in total. The first-order chi connectivity index (χ1) is 9.01. The van der Waals surface area contributed by atoms with Crippen molar-refractivity contribution in [1.29, 1.82) is 0 Å². The van der Waals surface area contributed by atoms with Crippen molar-refractivity contribution in [2.45, 2.75) is 32.9 Å². The average molecular weight is 326 g/mol. The van der Waals surface area contributed by atoms with E-state index in [1.54, 1.807) is 12.1 Å². The van der Waals surface area contributed by atoms with Crippen molar-refractivity contribution in [3.8, 4) is 0 Å². The van der Waals surface area contributed by atoms with Crippen LogP contribution in [0.15, 0.2) is 28.7 Å². The Hall–Kier alpha value is -1.20. The molecule has 1 unspecified atom stereocenters. The van der Waals surface area contributed by atoms with Gasteiger partial charge in [0.2, 0.25) is 0 Å². The summed E-state index contributed by atoms with van der Waals surface area (Å²) in [6.07, 6.45) is 0.687. The molecule has 1 aromatic carbocycles. The van der Waals surface area contributed by atoms with E-state index < -0.39 is 0 Å². The highest BCUT2D eigenvalue weighted by Gasteiger charge is 2.13. The highest BCUT2D eigenvalue weighted by atomic mass is 79.9. The van der Waals surface area contributed by atoms with Crippen LogP contribution < -0.4 is 5.73 Å². The van der Waals surface area contributed by atoms with Crippen LogP contribution in [0.2, 0.25) is 0 Å². The van der Waals surface area contributed by atoms with Crippen LogP contribution >= 0.6 is 15.9 Å². The molecule has 1 atom stereocenters. The number of nitrogens with two attached hydrogens (primary N) is 1. The summed E-state index contributed by atoms with van der Waals surface area (Å²) in [6, 6.07) is 6.77. The van der Waals surface area contributed by atoms with E-state index in [1.165, 1.54) is 6.07 Å². The summed E-state index contributed by atoms with van der Waals surface area (Å²) in [5, 5.41) is 4.40. The highest BCUT2D eigenvalue weighted by Crippen LogP contribution is 2.22. The number of nitrogens with zero attached hydrogens (tertiary/aromatic N) is 2. The lowest BCUT2D eigenvalue weighted by Crippen LogP contribution is -2.16. The molecule has 0 aliphatic carbocycles. The molecule has 0 amide bonds. The van der Waals surface area contributed by atoms with Gasteiger partial charge in [0.15, 0.2) is 0 Å². The lowest BCUT2D eigenvalue weighted by molar-refractivity contribution is 0.585. The second-order valence-electron chi connectivity index (χ2n) is 4.58. The van der Waals surface area contributed by atoms with E-state index in [4.69, 9.17) is 5.73 Å². The number of aromatic nitrogens is 2. The predicted octanol–water partition coefficient (Wildman–Crippen LogP) is 3.36. The zero-order valence-electron chi connectivity index (χ0n) is 11.0. The molecule has 1 heterocycles. The zero-order valence-corrected chi connectivity index (χ0v) is 12.6. The summed E-state index contributed by atoms with van der Waals surface area (Å²) in [5.74, 6) is -0.273. The fourth-order valence-electron chi connectivity index (χ4n) is 2.12. The molecule has 0 spiro atoms. The Morgan fingerprint density at radius 2 is 2.16 bits per heavy atom. The molecule has 0 radical (unpaired) electrons. The first kappa shape index (κ1) is 14.2. The van der Waals surface area contributed by atoms with Crippen molar-refractivity contribution in [3.05, 3.63) is 51.5 Å². The lowest BCUT2D eigenvalue weighted by Gasteiger charge is -2.13. The molecular formula is C14H17BrFN3. The molecule has 0 fully saturated rings.